The van der Waals surface area contributed by atoms with Crippen molar-refractivity contribution in [2.75, 3.05) is 11.4 Å². The van der Waals surface area contributed by atoms with Crippen molar-refractivity contribution in [1.29, 1.82) is 0 Å². The lowest BCUT2D eigenvalue weighted by Gasteiger charge is -2.16. The third kappa shape index (κ3) is 1.45. The summed E-state index contributed by atoms with van der Waals surface area (Å²) in [6.45, 7) is 3.29. The summed E-state index contributed by atoms with van der Waals surface area (Å²) in [4.78, 5) is 3.81. The Morgan fingerprint density at radius 2 is 2.00 bits per heavy atom. The third-order valence-corrected chi connectivity index (χ3v) is 3.90. The number of rotatable bonds is 1. The zero-order valence-corrected chi connectivity index (χ0v) is 9.55. The molecule has 0 aliphatic carbocycles. The van der Waals surface area contributed by atoms with Crippen LogP contribution < -0.4 is 4.90 Å². The molecule has 0 fully saturated rings. The van der Waals surface area contributed by atoms with Gasteiger partial charge in [0, 0.05) is 17.1 Å². The van der Waals surface area contributed by atoms with Gasteiger partial charge in [-0.05, 0) is 37.1 Å². The third-order valence-electron chi connectivity index (χ3n) is 2.88. The van der Waals surface area contributed by atoms with Crippen LogP contribution in [0.15, 0.2) is 36.4 Å². The zero-order valence-electron chi connectivity index (χ0n) is 8.73. The lowest BCUT2D eigenvalue weighted by molar-refractivity contribution is 1.01. The number of thiophene rings is 1. The van der Waals surface area contributed by atoms with Crippen LogP contribution in [0.2, 0.25) is 0 Å². The number of aryl methyl sites for hydroxylation is 1. The molecular weight excluding hydrogens is 202 g/mol. The fourth-order valence-electron chi connectivity index (χ4n) is 2.13. The van der Waals surface area contributed by atoms with E-state index in [4.69, 9.17) is 0 Å². The maximum Gasteiger partial charge on any atom is 0.0955 e. The van der Waals surface area contributed by atoms with Crippen LogP contribution in [0.25, 0.3) is 0 Å². The number of hydrogen-bond donors (Lipinski definition) is 0. The van der Waals surface area contributed by atoms with E-state index < -0.39 is 0 Å². The van der Waals surface area contributed by atoms with E-state index in [2.05, 4.69) is 48.2 Å². The molecule has 2 aromatic rings. The Labute approximate surface area is 94.0 Å². The van der Waals surface area contributed by atoms with Gasteiger partial charge in [-0.25, -0.2) is 0 Å². The Kier molecular flexibility index (Phi) is 2.03. The Bertz CT molecular complexity index is 487. The standard InChI is InChI=1S/C13H13NS/c1-10-6-7-13(15-10)14-9-8-11-4-2-3-5-12(11)14/h2-7H,8-9H2,1H3. The minimum absolute atomic E-state index is 1.12. The number of anilines is 2. The van der Waals surface area contributed by atoms with Gasteiger partial charge < -0.3 is 4.90 Å². The second-order valence-corrected chi connectivity index (χ2v) is 5.18. The maximum absolute atomic E-state index is 2.42. The molecule has 2 heterocycles. The van der Waals surface area contributed by atoms with Gasteiger partial charge in [-0.2, -0.15) is 0 Å². The van der Waals surface area contributed by atoms with Gasteiger partial charge in [0.2, 0.25) is 0 Å². The van der Waals surface area contributed by atoms with Crippen molar-refractivity contribution in [3.05, 3.63) is 46.8 Å². The number of hydrogen-bond acceptors (Lipinski definition) is 2. The lowest BCUT2D eigenvalue weighted by atomic mass is 10.2. The van der Waals surface area contributed by atoms with Crippen molar-refractivity contribution >= 4 is 22.0 Å². The fraction of sp³-hybridized carbons (Fsp3) is 0.231. The van der Waals surface area contributed by atoms with Crippen LogP contribution in [0, 0.1) is 6.92 Å². The van der Waals surface area contributed by atoms with E-state index in [9.17, 15) is 0 Å². The Hall–Kier alpha value is -1.28. The quantitative estimate of drug-likeness (QED) is 0.700. The van der Waals surface area contributed by atoms with Crippen molar-refractivity contribution < 1.29 is 0 Å². The molecule has 0 saturated carbocycles. The minimum atomic E-state index is 1.12. The molecule has 0 N–H and O–H groups in total. The van der Waals surface area contributed by atoms with Crippen LogP contribution in [0.1, 0.15) is 10.4 Å². The highest BCUT2D eigenvalue weighted by atomic mass is 32.1. The monoisotopic (exact) mass is 215 g/mol. The highest BCUT2D eigenvalue weighted by Crippen LogP contribution is 2.37. The van der Waals surface area contributed by atoms with E-state index in [1.807, 2.05) is 11.3 Å². The van der Waals surface area contributed by atoms with Gasteiger partial charge in [-0.15, -0.1) is 11.3 Å². The number of para-hydroxylation sites is 1. The van der Waals surface area contributed by atoms with Gasteiger partial charge in [0.15, 0.2) is 0 Å². The summed E-state index contributed by atoms with van der Waals surface area (Å²) in [7, 11) is 0. The predicted molar refractivity (Wildman–Crippen MR) is 66.2 cm³/mol. The molecule has 1 aromatic carbocycles. The van der Waals surface area contributed by atoms with E-state index in [1.165, 1.54) is 27.5 Å². The van der Waals surface area contributed by atoms with Crippen molar-refractivity contribution in [2.24, 2.45) is 0 Å². The van der Waals surface area contributed by atoms with Gasteiger partial charge in [-0.3, -0.25) is 0 Å². The molecule has 3 rings (SSSR count). The first-order valence-electron chi connectivity index (χ1n) is 5.26. The molecule has 0 radical (unpaired) electrons. The van der Waals surface area contributed by atoms with Crippen LogP contribution in [0.5, 0.6) is 0 Å². The molecule has 0 amide bonds. The molecule has 1 aliphatic rings. The van der Waals surface area contributed by atoms with Gasteiger partial charge in [0.05, 0.1) is 5.00 Å². The molecular formula is C13H13NS. The highest BCUT2D eigenvalue weighted by Gasteiger charge is 2.20. The molecule has 1 nitrogen and oxygen atoms in total. The summed E-state index contributed by atoms with van der Waals surface area (Å²) in [6.07, 6.45) is 1.17. The average molecular weight is 215 g/mol. The van der Waals surface area contributed by atoms with E-state index in [-0.39, 0.29) is 0 Å². The maximum atomic E-state index is 2.42. The van der Waals surface area contributed by atoms with Crippen molar-refractivity contribution in [3.63, 3.8) is 0 Å². The Balaban J connectivity index is 2.04. The van der Waals surface area contributed by atoms with Crippen molar-refractivity contribution in [3.8, 4) is 0 Å². The molecule has 0 bridgehead atoms. The van der Waals surface area contributed by atoms with Gasteiger partial charge in [0.25, 0.3) is 0 Å². The molecule has 0 spiro atoms. The average Bonchev–Trinajstić information content (AvgIpc) is 2.83. The van der Waals surface area contributed by atoms with Gasteiger partial charge in [-0.1, -0.05) is 18.2 Å². The van der Waals surface area contributed by atoms with Gasteiger partial charge >= 0.3 is 0 Å². The molecule has 15 heavy (non-hydrogen) atoms. The largest absolute Gasteiger partial charge is 0.333 e. The predicted octanol–water partition coefficient (Wildman–Crippen LogP) is 3.75. The zero-order chi connectivity index (χ0) is 10.3. The summed E-state index contributed by atoms with van der Waals surface area (Å²) in [5, 5.41) is 1.37. The normalized spacial score (nSPS) is 14.3. The summed E-state index contributed by atoms with van der Waals surface area (Å²) in [5.41, 5.74) is 2.86. The molecule has 1 aliphatic heterocycles. The fourth-order valence-corrected chi connectivity index (χ4v) is 3.04. The SMILES string of the molecule is Cc1ccc(N2CCc3ccccc32)s1. The lowest BCUT2D eigenvalue weighted by Crippen LogP contribution is -2.11. The molecule has 0 saturated heterocycles. The van der Waals surface area contributed by atoms with E-state index >= 15 is 0 Å². The molecule has 2 heteroatoms. The first-order chi connectivity index (χ1) is 7.34. The van der Waals surface area contributed by atoms with Crippen molar-refractivity contribution in [1.82, 2.24) is 0 Å². The van der Waals surface area contributed by atoms with Crippen molar-refractivity contribution in [2.45, 2.75) is 13.3 Å². The molecule has 0 unspecified atom stereocenters. The van der Waals surface area contributed by atoms with E-state index in [0.717, 1.165) is 6.54 Å². The smallest absolute Gasteiger partial charge is 0.0955 e. The second kappa shape index (κ2) is 3.38. The summed E-state index contributed by atoms with van der Waals surface area (Å²) in [5.74, 6) is 0. The number of fused-ring (bicyclic) bond motifs is 1. The minimum Gasteiger partial charge on any atom is -0.333 e. The van der Waals surface area contributed by atoms with Crippen LogP contribution in [0.4, 0.5) is 10.7 Å². The summed E-state index contributed by atoms with van der Waals surface area (Å²) < 4.78 is 0. The van der Waals surface area contributed by atoms with Gasteiger partial charge in [0.1, 0.15) is 0 Å². The molecule has 0 atom stereocenters. The van der Waals surface area contributed by atoms with Crippen LogP contribution in [0.3, 0.4) is 0 Å². The van der Waals surface area contributed by atoms with Crippen LogP contribution in [-0.2, 0) is 6.42 Å². The first-order valence-corrected chi connectivity index (χ1v) is 6.08. The van der Waals surface area contributed by atoms with Crippen LogP contribution >= 0.6 is 11.3 Å². The second-order valence-electron chi connectivity index (χ2n) is 3.91. The Morgan fingerprint density at radius 1 is 1.13 bits per heavy atom. The number of nitrogens with zero attached hydrogens (tertiary/aromatic N) is 1. The topological polar surface area (TPSA) is 3.24 Å². The summed E-state index contributed by atoms with van der Waals surface area (Å²) >= 11 is 1.87. The number of benzene rings is 1. The van der Waals surface area contributed by atoms with E-state index in [1.54, 1.807) is 0 Å². The summed E-state index contributed by atoms with van der Waals surface area (Å²) in [6, 6.07) is 13.1. The molecule has 1 aromatic heterocycles. The van der Waals surface area contributed by atoms with E-state index in [0.29, 0.717) is 0 Å². The molecule has 76 valence electrons. The Morgan fingerprint density at radius 3 is 2.80 bits per heavy atom. The first kappa shape index (κ1) is 8.98. The highest BCUT2D eigenvalue weighted by molar-refractivity contribution is 7.16. The van der Waals surface area contributed by atoms with Crippen LogP contribution in [-0.4, -0.2) is 6.54 Å².